The van der Waals surface area contributed by atoms with Gasteiger partial charge in [-0.05, 0) is 26.0 Å². The Morgan fingerprint density at radius 1 is 1.41 bits per heavy atom. The van der Waals surface area contributed by atoms with Crippen LogP contribution in [0.15, 0.2) is 18.2 Å². The zero-order chi connectivity index (χ0) is 13.0. The van der Waals surface area contributed by atoms with Gasteiger partial charge in [0.25, 0.3) is 11.6 Å². The number of amides is 1. The van der Waals surface area contributed by atoms with E-state index in [-0.39, 0.29) is 22.8 Å². The van der Waals surface area contributed by atoms with E-state index in [1.54, 1.807) is 4.90 Å². The summed E-state index contributed by atoms with van der Waals surface area (Å²) in [5.41, 5.74) is 5.58. The zero-order valence-corrected chi connectivity index (χ0v) is 9.84. The van der Waals surface area contributed by atoms with E-state index in [2.05, 4.69) is 0 Å². The summed E-state index contributed by atoms with van der Waals surface area (Å²) in [6.45, 7) is 4.83. The van der Waals surface area contributed by atoms with Crippen LogP contribution in [0.4, 0.5) is 11.4 Å². The lowest BCUT2D eigenvalue weighted by molar-refractivity contribution is -0.383. The summed E-state index contributed by atoms with van der Waals surface area (Å²) in [4.78, 5) is 23.7. The van der Waals surface area contributed by atoms with E-state index >= 15 is 0 Å². The Balaban J connectivity index is 3.11. The van der Waals surface area contributed by atoms with Crippen LogP contribution in [0, 0.1) is 10.1 Å². The summed E-state index contributed by atoms with van der Waals surface area (Å²) < 4.78 is 0. The van der Waals surface area contributed by atoms with E-state index in [0.717, 1.165) is 0 Å². The number of anilines is 1. The molecule has 92 valence electrons. The Labute approximate surface area is 99.2 Å². The fourth-order valence-electron chi connectivity index (χ4n) is 1.53. The van der Waals surface area contributed by atoms with Crippen LogP contribution >= 0.6 is 0 Å². The fourth-order valence-corrected chi connectivity index (χ4v) is 1.53. The van der Waals surface area contributed by atoms with Crippen LogP contribution in [0.2, 0.25) is 0 Å². The summed E-state index contributed by atoms with van der Waals surface area (Å²) in [6, 6.07) is 4.10. The predicted octanol–water partition coefficient (Wildman–Crippen LogP) is 1.66. The highest BCUT2D eigenvalue weighted by atomic mass is 16.6. The largest absolute Gasteiger partial charge is 0.393 e. The Kier molecular flexibility index (Phi) is 4.03. The molecule has 1 rings (SSSR count). The molecule has 17 heavy (non-hydrogen) atoms. The first kappa shape index (κ1) is 13.0. The minimum atomic E-state index is -0.589. The molecule has 0 aromatic heterocycles. The van der Waals surface area contributed by atoms with Gasteiger partial charge in [-0.25, -0.2) is 0 Å². The number of benzene rings is 1. The van der Waals surface area contributed by atoms with Crippen LogP contribution < -0.4 is 5.73 Å². The van der Waals surface area contributed by atoms with Crippen molar-refractivity contribution in [3.05, 3.63) is 33.9 Å². The normalized spacial score (nSPS) is 10.0. The van der Waals surface area contributed by atoms with Crippen molar-refractivity contribution in [1.29, 1.82) is 0 Å². The summed E-state index contributed by atoms with van der Waals surface area (Å²) in [5.74, 6) is -0.224. The number of nitro benzene ring substituents is 1. The topological polar surface area (TPSA) is 89.5 Å². The molecule has 6 heteroatoms. The van der Waals surface area contributed by atoms with Crippen molar-refractivity contribution in [2.75, 3.05) is 18.8 Å². The molecule has 0 aliphatic rings. The number of nitrogens with two attached hydrogens (primary N) is 1. The molecular formula is C11H15N3O3. The molecule has 0 fully saturated rings. The Bertz CT molecular complexity index is 442. The van der Waals surface area contributed by atoms with E-state index in [9.17, 15) is 14.9 Å². The first-order valence-corrected chi connectivity index (χ1v) is 5.34. The van der Waals surface area contributed by atoms with E-state index < -0.39 is 4.92 Å². The van der Waals surface area contributed by atoms with Crippen molar-refractivity contribution in [1.82, 2.24) is 4.90 Å². The number of carbonyl (C=O) groups excluding carboxylic acids is 1. The summed E-state index contributed by atoms with van der Waals surface area (Å²) in [7, 11) is 0. The van der Waals surface area contributed by atoms with Crippen LogP contribution in [0.1, 0.15) is 24.2 Å². The Hall–Kier alpha value is -2.11. The summed E-state index contributed by atoms with van der Waals surface area (Å²) in [5, 5.41) is 10.7. The second kappa shape index (κ2) is 5.29. The number of rotatable bonds is 4. The lowest BCUT2D eigenvalue weighted by Crippen LogP contribution is -2.30. The van der Waals surface area contributed by atoms with Gasteiger partial charge in [-0.1, -0.05) is 0 Å². The van der Waals surface area contributed by atoms with Crippen LogP contribution in [-0.2, 0) is 0 Å². The second-order valence-corrected chi connectivity index (χ2v) is 3.51. The molecule has 0 aliphatic heterocycles. The van der Waals surface area contributed by atoms with Gasteiger partial charge in [0.2, 0.25) is 0 Å². The minimum Gasteiger partial charge on any atom is -0.393 e. The second-order valence-electron chi connectivity index (χ2n) is 3.51. The fraction of sp³-hybridized carbons (Fsp3) is 0.364. The van der Waals surface area contributed by atoms with Crippen molar-refractivity contribution in [3.8, 4) is 0 Å². The smallest absolute Gasteiger partial charge is 0.292 e. The molecule has 1 amide bonds. The van der Waals surface area contributed by atoms with Crippen LogP contribution in [0.25, 0.3) is 0 Å². The van der Waals surface area contributed by atoms with Crippen molar-refractivity contribution >= 4 is 17.3 Å². The molecule has 2 N–H and O–H groups in total. The predicted molar refractivity (Wildman–Crippen MR) is 64.8 cm³/mol. The SMILES string of the molecule is CCN(CC)C(=O)c1ccc(N)c([N+](=O)[O-])c1. The van der Waals surface area contributed by atoms with E-state index in [4.69, 9.17) is 5.73 Å². The lowest BCUT2D eigenvalue weighted by atomic mass is 10.1. The van der Waals surface area contributed by atoms with Gasteiger partial charge < -0.3 is 10.6 Å². The molecule has 0 saturated carbocycles. The molecule has 0 unspecified atom stereocenters. The highest BCUT2D eigenvalue weighted by molar-refractivity contribution is 5.95. The highest BCUT2D eigenvalue weighted by Gasteiger charge is 2.18. The van der Waals surface area contributed by atoms with Gasteiger partial charge in [0.05, 0.1) is 4.92 Å². The average molecular weight is 237 g/mol. The molecule has 0 atom stereocenters. The van der Waals surface area contributed by atoms with Gasteiger partial charge in [-0.3, -0.25) is 14.9 Å². The number of hydrogen-bond acceptors (Lipinski definition) is 4. The summed E-state index contributed by atoms with van der Waals surface area (Å²) >= 11 is 0. The molecular weight excluding hydrogens is 222 g/mol. The molecule has 0 radical (unpaired) electrons. The number of nitrogens with zero attached hydrogens (tertiary/aromatic N) is 2. The number of carbonyl (C=O) groups is 1. The van der Waals surface area contributed by atoms with Gasteiger partial charge in [-0.15, -0.1) is 0 Å². The van der Waals surface area contributed by atoms with E-state index in [0.29, 0.717) is 13.1 Å². The van der Waals surface area contributed by atoms with Gasteiger partial charge in [0, 0.05) is 24.7 Å². The highest BCUT2D eigenvalue weighted by Crippen LogP contribution is 2.22. The van der Waals surface area contributed by atoms with Crippen LogP contribution in [-0.4, -0.2) is 28.8 Å². The zero-order valence-electron chi connectivity index (χ0n) is 9.84. The first-order chi connectivity index (χ1) is 8.01. The van der Waals surface area contributed by atoms with E-state index in [1.807, 2.05) is 13.8 Å². The number of nitro groups is 1. The maximum Gasteiger partial charge on any atom is 0.292 e. The number of nitrogen functional groups attached to an aromatic ring is 1. The first-order valence-electron chi connectivity index (χ1n) is 5.34. The van der Waals surface area contributed by atoms with Gasteiger partial charge in [0.1, 0.15) is 5.69 Å². The third kappa shape index (κ3) is 2.72. The van der Waals surface area contributed by atoms with Gasteiger partial charge in [-0.2, -0.15) is 0 Å². The maximum absolute atomic E-state index is 12.0. The molecule has 0 spiro atoms. The van der Waals surface area contributed by atoms with Gasteiger partial charge >= 0.3 is 0 Å². The van der Waals surface area contributed by atoms with Gasteiger partial charge in [0.15, 0.2) is 0 Å². The molecule has 0 aliphatic carbocycles. The number of hydrogen-bond donors (Lipinski definition) is 1. The Morgan fingerprint density at radius 3 is 2.47 bits per heavy atom. The third-order valence-electron chi connectivity index (χ3n) is 2.52. The van der Waals surface area contributed by atoms with Crippen LogP contribution in [0.5, 0.6) is 0 Å². The minimum absolute atomic E-state index is 0.0612. The van der Waals surface area contributed by atoms with Crippen molar-refractivity contribution in [2.45, 2.75) is 13.8 Å². The van der Waals surface area contributed by atoms with Crippen LogP contribution in [0.3, 0.4) is 0 Å². The molecule has 1 aromatic carbocycles. The van der Waals surface area contributed by atoms with Crippen molar-refractivity contribution < 1.29 is 9.72 Å². The maximum atomic E-state index is 12.0. The Morgan fingerprint density at radius 2 is 2.00 bits per heavy atom. The van der Waals surface area contributed by atoms with Crippen molar-refractivity contribution in [2.24, 2.45) is 0 Å². The molecule has 0 saturated heterocycles. The quantitative estimate of drug-likeness (QED) is 0.490. The lowest BCUT2D eigenvalue weighted by Gasteiger charge is -2.18. The van der Waals surface area contributed by atoms with E-state index in [1.165, 1.54) is 18.2 Å². The monoisotopic (exact) mass is 237 g/mol. The standard InChI is InChI=1S/C11H15N3O3/c1-3-13(4-2)11(15)8-5-6-9(12)10(7-8)14(16)17/h5-7H,3-4,12H2,1-2H3. The molecule has 0 heterocycles. The van der Waals surface area contributed by atoms with Crippen molar-refractivity contribution in [3.63, 3.8) is 0 Å². The third-order valence-corrected chi connectivity index (χ3v) is 2.52. The molecule has 6 nitrogen and oxygen atoms in total. The molecule has 1 aromatic rings. The molecule has 0 bridgehead atoms. The summed E-state index contributed by atoms with van der Waals surface area (Å²) in [6.07, 6.45) is 0. The average Bonchev–Trinajstić information content (AvgIpc) is 2.30.